The Morgan fingerprint density at radius 3 is 2.26 bits per heavy atom. The third-order valence-corrected chi connectivity index (χ3v) is 2.77. The molecule has 0 amide bonds. The number of ether oxygens (including phenoxy) is 2. The van der Waals surface area contributed by atoms with Crippen LogP contribution in [-0.4, -0.2) is 7.11 Å². The molecule has 3 nitrogen and oxygen atoms in total. The van der Waals surface area contributed by atoms with Gasteiger partial charge in [0, 0.05) is 11.6 Å². The van der Waals surface area contributed by atoms with E-state index in [0.717, 1.165) is 0 Å². The highest BCUT2D eigenvalue weighted by molar-refractivity contribution is 5.41. The second-order valence-electron chi connectivity index (χ2n) is 4.22. The normalized spacial score (nSPS) is 12.0. The molecule has 19 heavy (non-hydrogen) atoms. The molecule has 0 aromatic heterocycles. The van der Waals surface area contributed by atoms with Crippen LogP contribution in [0.2, 0.25) is 0 Å². The van der Waals surface area contributed by atoms with Crippen molar-refractivity contribution in [3.63, 3.8) is 0 Å². The van der Waals surface area contributed by atoms with Crippen LogP contribution < -0.4 is 15.2 Å². The summed E-state index contributed by atoms with van der Waals surface area (Å²) in [5.74, 6) is 0.995. The molecule has 0 unspecified atom stereocenters. The molecule has 0 radical (unpaired) electrons. The maximum Gasteiger partial charge on any atom is 0.167 e. The molecule has 0 aliphatic carbocycles. The van der Waals surface area contributed by atoms with Crippen LogP contribution in [0.5, 0.6) is 17.2 Å². The van der Waals surface area contributed by atoms with E-state index in [-0.39, 0.29) is 11.8 Å². The van der Waals surface area contributed by atoms with Crippen LogP contribution in [0.3, 0.4) is 0 Å². The van der Waals surface area contributed by atoms with Crippen LogP contribution in [0.15, 0.2) is 42.5 Å². The van der Waals surface area contributed by atoms with Gasteiger partial charge in [0.15, 0.2) is 11.6 Å². The Morgan fingerprint density at radius 2 is 1.68 bits per heavy atom. The highest BCUT2D eigenvalue weighted by Crippen LogP contribution is 2.32. The lowest BCUT2D eigenvalue weighted by molar-refractivity contribution is 0.410. The summed E-state index contributed by atoms with van der Waals surface area (Å²) < 4.78 is 24.5. The third kappa shape index (κ3) is 3.03. The molecule has 0 fully saturated rings. The van der Waals surface area contributed by atoms with E-state index in [2.05, 4.69) is 0 Å². The Balaban J connectivity index is 2.31. The quantitative estimate of drug-likeness (QED) is 0.913. The van der Waals surface area contributed by atoms with E-state index in [1.807, 2.05) is 0 Å². The summed E-state index contributed by atoms with van der Waals surface area (Å²) in [6.45, 7) is 1.79. The van der Waals surface area contributed by atoms with Gasteiger partial charge < -0.3 is 15.2 Å². The average Bonchev–Trinajstić information content (AvgIpc) is 2.41. The van der Waals surface area contributed by atoms with Gasteiger partial charge >= 0.3 is 0 Å². The summed E-state index contributed by atoms with van der Waals surface area (Å²) in [4.78, 5) is 0. The highest BCUT2D eigenvalue weighted by Gasteiger charge is 2.13. The van der Waals surface area contributed by atoms with Crippen molar-refractivity contribution in [1.29, 1.82) is 0 Å². The first-order valence-electron chi connectivity index (χ1n) is 5.97. The Labute approximate surface area is 111 Å². The minimum Gasteiger partial charge on any atom is -0.497 e. The summed E-state index contributed by atoms with van der Waals surface area (Å²) in [5.41, 5.74) is 6.45. The van der Waals surface area contributed by atoms with E-state index < -0.39 is 5.82 Å². The van der Waals surface area contributed by atoms with Gasteiger partial charge in [-0.3, -0.25) is 0 Å². The molecule has 0 saturated heterocycles. The van der Waals surface area contributed by atoms with Gasteiger partial charge in [0.25, 0.3) is 0 Å². The third-order valence-electron chi connectivity index (χ3n) is 2.77. The van der Waals surface area contributed by atoms with Gasteiger partial charge in [0.2, 0.25) is 0 Å². The van der Waals surface area contributed by atoms with E-state index >= 15 is 0 Å². The van der Waals surface area contributed by atoms with E-state index in [4.69, 9.17) is 15.2 Å². The molecular weight excluding hydrogens is 245 g/mol. The molecule has 0 bridgehead atoms. The molecule has 1 atom stereocenters. The Morgan fingerprint density at radius 1 is 1.05 bits per heavy atom. The zero-order valence-corrected chi connectivity index (χ0v) is 10.9. The molecule has 0 heterocycles. The van der Waals surface area contributed by atoms with Crippen molar-refractivity contribution in [3.8, 4) is 17.2 Å². The first-order chi connectivity index (χ1) is 9.11. The minimum atomic E-state index is -0.425. The van der Waals surface area contributed by atoms with Crippen LogP contribution in [0.25, 0.3) is 0 Å². The van der Waals surface area contributed by atoms with Crippen LogP contribution >= 0.6 is 0 Å². The van der Waals surface area contributed by atoms with Crippen LogP contribution in [0.4, 0.5) is 4.39 Å². The number of rotatable bonds is 4. The SMILES string of the molecule is COc1ccc(Oc2c(F)cccc2[C@@H](C)N)cc1. The average molecular weight is 261 g/mol. The van der Waals surface area contributed by atoms with Crippen molar-refractivity contribution < 1.29 is 13.9 Å². The fourth-order valence-corrected chi connectivity index (χ4v) is 1.75. The molecular formula is C15H16FNO2. The van der Waals surface area contributed by atoms with Gasteiger partial charge in [-0.05, 0) is 37.3 Å². The molecule has 0 aliphatic rings. The highest BCUT2D eigenvalue weighted by atomic mass is 19.1. The summed E-state index contributed by atoms with van der Waals surface area (Å²) in [6.07, 6.45) is 0. The summed E-state index contributed by atoms with van der Waals surface area (Å²) in [5, 5.41) is 0. The lowest BCUT2D eigenvalue weighted by Gasteiger charge is -2.14. The molecule has 2 N–H and O–H groups in total. The topological polar surface area (TPSA) is 44.5 Å². The number of halogens is 1. The zero-order chi connectivity index (χ0) is 13.8. The molecule has 0 spiro atoms. The summed E-state index contributed by atoms with van der Waals surface area (Å²) in [7, 11) is 1.58. The molecule has 4 heteroatoms. The predicted octanol–water partition coefficient (Wildman–Crippen LogP) is 3.65. The summed E-state index contributed by atoms with van der Waals surface area (Å²) >= 11 is 0. The van der Waals surface area contributed by atoms with Gasteiger partial charge in [0.1, 0.15) is 11.5 Å². The van der Waals surface area contributed by atoms with Crippen LogP contribution in [0.1, 0.15) is 18.5 Å². The minimum absolute atomic E-state index is 0.169. The maximum atomic E-state index is 13.8. The Kier molecular flexibility index (Phi) is 4.02. The Hall–Kier alpha value is -2.07. The van der Waals surface area contributed by atoms with Gasteiger partial charge in [-0.1, -0.05) is 12.1 Å². The number of hydrogen-bond donors (Lipinski definition) is 1. The van der Waals surface area contributed by atoms with Crippen molar-refractivity contribution in [2.45, 2.75) is 13.0 Å². The monoisotopic (exact) mass is 261 g/mol. The van der Waals surface area contributed by atoms with Crippen molar-refractivity contribution >= 4 is 0 Å². The summed E-state index contributed by atoms with van der Waals surface area (Å²) in [6, 6.07) is 11.4. The second-order valence-corrected chi connectivity index (χ2v) is 4.22. The molecule has 100 valence electrons. The van der Waals surface area contributed by atoms with E-state index in [9.17, 15) is 4.39 Å². The smallest absolute Gasteiger partial charge is 0.167 e. The van der Waals surface area contributed by atoms with E-state index in [1.54, 1.807) is 50.4 Å². The molecule has 0 saturated carbocycles. The lowest BCUT2D eigenvalue weighted by atomic mass is 10.1. The fourth-order valence-electron chi connectivity index (χ4n) is 1.75. The van der Waals surface area contributed by atoms with Crippen molar-refractivity contribution in [2.24, 2.45) is 5.73 Å². The number of para-hydroxylation sites is 1. The lowest BCUT2D eigenvalue weighted by Crippen LogP contribution is -2.07. The second kappa shape index (κ2) is 5.71. The van der Waals surface area contributed by atoms with Gasteiger partial charge in [-0.15, -0.1) is 0 Å². The first-order valence-corrected chi connectivity index (χ1v) is 5.97. The van der Waals surface area contributed by atoms with E-state index in [0.29, 0.717) is 17.1 Å². The number of nitrogens with two attached hydrogens (primary N) is 1. The first kappa shape index (κ1) is 13.4. The zero-order valence-electron chi connectivity index (χ0n) is 10.9. The molecule has 2 aromatic rings. The van der Waals surface area contributed by atoms with Gasteiger partial charge in [-0.25, -0.2) is 4.39 Å². The molecule has 2 rings (SSSR count). The Bertz CT molecular complexity index is 553. The molecule has 2 aromatic carbocycles. The number of benzene rings is 2. The standard InChI is InChI=1S/C15H16FNO2/c1-10(17)13-4-3-5-14(16)15(13)19-12-8-6-11(18-2)7-9-12/h3-10H,17H2,1-2H3/t10-/m1/s1. The van der Waals surface area contributed by atoms with Gasteiger partial charge in [0.05, 0.1) is 7.11 Å². The largest absolute Gasteiger partial charge is 0.497 e. The van der Waals surface area contributed by atoms with Crippen molar-refractivity contribution in [1.82, 2.24) is 0 Å². The van der Waals surface area contributed by atoms with Crippen LogP contribution in [-0.2, 0) is 0 Å². The van der Waals surface area contributed by atoms with Crippen molar-refractivity contribution in [3.05, 3.63) is 53.8 Å². The number of methoxy groups -OCH3 is 1. The predicted molar refractivity (Wildman–Crippen MR) is 72.1 cm³/mol. The molecule has 0 aliphatic heterocycles. The maximum absolute atomic E-state index is 13.8. The van der Waals surface area contributed by atoms with Crippen LogP contribution in [0, 0.1) is 5.82 Å². The number of hydrogen-bond acceptors (Lipinski definition) is 3. The fraction of sp³-hybridized carbons (Fsp3) is 0.200. The van der Waals surface area contributed by atoms with Crippen molar-refractivity contribution in [2.75, 3.05) is 7.11 Å². The van der Waals surface area contributed by atoms with E-state index in [1.165, 1.54) is 6.07 Å². The van der Waals surface area contributed by atoms with Gasteiger partial charge in [-0.2, -0.15) is 0 Å².